The Morgan fingerprint density at radius 3 is 2.37 bits per heavy atom. The zero-order chi connectivity index (χ0) is 19.9. The van der Waals surface area contributed by atoms with Gasteiger partial charge in [0.1, 0.15) is 0 Å². The van der Waals surface area contributed by atoms with Gasteiger partial charge < -0.3 is 4.74 Å². The van der Waals surface area contributed by atoms with Crippen molar-refractivity contribution in [2.45, 2.75) is 32.1 Å². The van der Waals surface area contributed by atoms with Crippen LogP contribution in [0.3, 0.4) is 0 Å². The first-order chi connectivity index (χ1) is 12.8. The monoisotopic (exact) mass is 382 g/mol. The summed E-state index contributed by atoms with van der Waals surface area (Å²) < 4.78 is 53.5. The first kappa shape index (κ1) is 20.5. The Labute approximate surface area is 153 Å². The molecule has 4 nitrogen and oxygen atoms in total. The minimum absolute atomic E-state index is 0.555. The van der Waals surface area contributed by atoms with E-state index >= 15 is 0 Å². The Hall–Kier alpha value is -2.77. The molecule has 0 saturated carbocycles. The standard InChI is InChI=1S/C19H18F4N2O2/c1-2-3-14-10-24-17(25-11-14)15-7-4-13(5-8-15)6-9-16(26)27-12-19(22,23)18(20)21/h4-11,18H,2-3,12H2,1H3/b9-6+. The number of aromatic nitrogens is 2. The summed E-state index contributed by atoms with van der Waals surface area (Å²) in [5, 5.41) is 0. The lowest BCUT2D eigenvalue weighted by molar-refractivity contribution is -0.175. The van der Waals surface area contributed by atoms with Gasteiger partial charge in [0.15, 0.2) is 12.4 Å². The average Bonchev–Trinajstić information content (AvgIpc) is 2.66. The maximum Gasteiger partial charge on any atom is 0.340 e. The minimum Gasteiger partial charge on any atom is -0.456 e. The molecule has 2 rings (SSSR count). The van der Waals surface area contributed by atoms with E-state index in [0.717, 1.165) is 30.0 Å². The number of ether oxygens (including phenoxy) is 1. The number of hydrogen-bond acceptors (Lipinski definition) is 4. The molecule has 0 unspecified atom stereocenters. The van der Waals surface area contributed by atoms with Gasteiger partial charge in [-0.25, -0.2) is 23.5 Å². The number of hydrogen-bond donors (Lipinski definition) is 0. The Morgan fingerprint density at radius 1 is 1.19 bits per heavy atom. The van der Waals surface area contributed by atoms with E-state index in [9.17, 15) is 22.4 Å². The van der Waals surface area contributed by atoms with Gasteiger partial charge in [-0.05, 0) is 23.6 Å². The van der Waals surface area contributed by atoms with Crippen molar-refractivity contribution in [2.24, 2.45) is 0 Å². The molecule has 1 heterocycles. The Balaban J connectivity index is 1.94. The lowest BCUT2D eigenvalue weighted by Gasteiger charge is -2.14. The molecule has 0 atom stereocenters. The number of halogens is 4. The van der Waals surface area contributed by atoms with Crippen molar-refractivity contribution in [3.8, 4) is 11.4 Å². The molecule has 0 N–H and O–H groups in total. The van der Waals surface area contributed by atoms with Crippen molar-refractivity contribution in [3.05, 3.63) is 53.9 Å². The zero-order valence-electron chi connectivity index (χ0n) is 14.5. The lowest BCUT2D eigenvalue weighted by atomic mass is 10.1. The number of aryl methyl sites for hydroxylation is 1. The van der Waals surface area contributed by atoms with Crippen molar-refractivity contribution in [1.29, 1.82) is 0 Å². The fraction of sp³-hybridized carbons (Fsp3) is 0.316. The normalized spacial score (nSPS) is 11.9. The van der Waals surface area contributed by atoms with Crippen LogP contribution in [0.2, 0.25) is 0 Å². The Bertz CT molecular complexity index is 775. The second-order valence-corrected chi connectivity index (χ2v) is 5.79. The van der Waals surface area contributed by atoms with Crippen LogP contribution < -0.4 is 0 Å². The molecule has 0 spiro atoms. The predicted octanol–water partition coefficient (Wildman–Crippen LogP) is 4.55. The van der Waals surface area contributed by atoms with Gasteiger partial charge in [0.05, 0.1) is 0 Å². The molecule has 8 heteroatoms. The minimum atomic E-state index is -4.36. The van der Waals surface area contributed by atoms with E-state index < -0.39 is 24.9 Å². The molecule has 0 amide bonds. The second kappa shape index (κ2) is 9.25. The predicted molar refractivity (Wildman–Crippen MR) is 92.4 cm³/mol. The highest BCUT2D eigenvalue weighted by Gasteiger charge is 2.42. The van der Waals surface area contributed by atoms with Crippen LogP contribution in [0.1, 0.15) is 24.5 Å². The topological polar surface area (TPSA) is 52.1 Å². The third-order valence-corrected chi connectivity index (χ3v) is 3.55. The van der Waals surface area contributed by atoms with Crippen LogP contribution >= 0.6 is 0 Å². The number of alkyl halides is 4. The average molecular weight is 382 g/mol. The van der Waals surface area contributed by atoms with Crippen molar-refractivity contribution < 1.29 is 27.1 Å². The van der Waals surface area contributed by atoms with Crippen molar-refractivity contribution in [2.75, 3.05) is 6.61 Å². The maximum absolute atomic E-state index is 12.7. The quantitative estimate of drug-likeness (QED) is 0.382. The number of esters is 1. The van der Waals surface area contributed by atoms with E-state index in [1.807, 2.05) is 0 Å². The van der Waals surface area contributed by atoms with Crippen LogP contribution in [0.15, 0.2) is 42.7 Å². The van der Waals surface area contributed by atoms with Gasteiger partial charge >= 0.3 is 18.3 Å². The smallest absolute Gasteiger partial charge is 0.340 e. The van der Waals surface area contributed by atoms with Gasteiger partial charge in [0, 0.05) is 24.0 Å². The summed E-state index contributed by atoms with van der Waals surface area (Å²) in [7, 11) is 0. The van der Waals surface area contributed by atoms with Crippen molar-refractivity contribution >= 4 is 12.0 Å². The van der Waals surface area contributed by atoms with Crippen molar-refractivity contribution in [3.63, 3.8) is 0 Å². The molecule has 0 fully saturated rings. The number of rotatable bonds is 8. The summed E-state index contributed by atoms with van der Waals surface area (Å²) in [6.45, 7) is 0.401. The van der Waals surface area contributed by atoms with Gasteiger partial charge in [-0.2, -0.15) is 8.78 Å². The maximum atomic E-state index is 12.7. The fourth-order valence-electron chi connectivity index (χ4n) is 2.11. The Morgan fingerprint density at radius 2 is 1.81 bits per heavy atom. The summed E-state index contributed by atoms with van der Waals surface area (Å²) >= 11 is 0. The summed E-state index contributed by atoms with van der Waals surface area (Å²) in [6.07, 6.45) is 3.79. The highest BCUT2D eigenvalue weighted by Crippen LogP contribution is 2.23. The zero-order valence-corrected chi connectivity index (χ0v) is 14.5. The first-order valence-corrected chi connectivity index (χ1v) is 8.24. The van der Waals surface area contributed by atoms with Crippen LogP contribution in [-0.2, 0) is 16.0 Å². The molecule has 2 aromatic rings. The van der Waals surface area contributed by atoms with Gasteiger partial charge in [-0.1, -0.05) is 37.6 Å². The molecule has 0 bridgehead atoms. The van der Waals surface area contributed by atoms with Gasteiger partial charge in [-0.3, -0.25) is 0 Å². The van der Waals surface area contributed by atoms with E-state index in [2.05, 4.69) is 21.6 Å². The van der Waals surface area contributed by atoms with E-state index in [0.29, 0.717) is 11.4 Å². The molecule has 27 heavy (non-hydrogen) atoms. The second-order valence-electron chi connectivity index (χ2n) is 5.79. The third-order valence-electron chi connectivity index (χ3n) is 3.55. The number of nitrogens with zero attached hydrogens (tertiary/aromatic N) is 2. The molecule has 1 aromatic heterocycles. The molecule has 144 valence electrons. The number of carbonyl (C=O) groups excluding carboxylic acids is 1. The van der Waals surface area contributed by atoms with E-state index in [4.69, 9.17) is 0 Å². The summed E-state index contributed by atoms with van der Waals surface area (Å²) in [6, 6.07) is 6.84. The Kier molecular flexibility index (Phi) is 7.04. The van der Waals surface area contributed by atoms with Crippen LogP contribution in [0.5, 0.6) is 0 Å². The van der Waals surface area contributed by atoms with Crippen LogP contribution in [0.4, 0.5) is 17.6 Å². The number of carbonyl (C=O) groups is 1. The largest absolute Gasteiger partial charge is 0.456 e. The van der Waals surface area contributed by atoms with Gasteiger partial charge in [0.25, 0.3) is 0 Å². The molecular weight excluding hydrogens is 364 g/mol. The van der Waals surface area contributed by atoms with Crippen LogP contribution in [0, 0.1) is 0 Å². The molecule has 0 aliphatic carbocycles. The third kappa shape index (κ3) is 6.16. The molecular formula is C19H18F4N2O2. The van der Waals surface area contributed by atoms with Crippen molar-refractivity contribution in [1.82, 2.24) is 9.97 Å². The van der Waals surface area contributed by atoms with Crippen LogP contribution in [0.25, 0.3) is 17.5 Å². The fourth-order valence-corrected chi connectivity index (χ4v) is 2.11. The molecule has 0 radical (unpaired) electrons. The highest BCUT2D eigenvalue weighted by atomic mass is 19.3. The molecule has 0 aliphatic rings. The first-order valence-electron chi connectivity index (χ1n) is 8.24. The molecule has 0 saturated heterocycles. The summed E-state index contributed by atoms with van der Waals surface area (Å²) in [5.74, 6) is -4.94. The SMILES string of the molecule is CCCc1cnc(-c2ccc(/C=C/C(=O)OCC(F)(F)C(F)F)cc2)nc1. The highest BCUT2D eigenvalue weighted by molar-refractivity contribution is 5.87. The van der Waals surface area contributed by atoms with E-state index in [-0.39, 0.29) is 0 Å². The van der Waals surface area contributed by atoms with E-state index in [1.165, 1.54) is 6.08 Å². The van der Waals surface area contributed by atoms with Gasteiger partial charge in [0.2, 0.25) is 0 Å². The van der Waals surface area contributed by atoms with Gasteiger partial charge in [-0.15, -0.1) is 0 Å². The summed E-state index contributed by atoms with van der Waals surface area (Å²) in [5.41, 5.74) is 2.42. The van der Waals surface area contributed by atoms with E-state index in [1.54, 1.807) is 36.7 Å². The van der Waals surface area contributed by atoms with Crippen LogP contribution in [-0.4, -0.2) is 34.9 Å². The molecule has 0 aliphatic heterocycles. The number of benzene rings is 1. The molecule has 1 aromatic carbocycles. The lowest BCUT2D eigenvalue weighted by Crippen LogP contribution is -2.33. The summed E-state index contributed by atoms with van der Waals surface area (Å²) in [4.78, 5) is 19.9.